The van der Waals surface area contributed by atoms with Gasteiger partial charge >= 0.3 is 0 Å². The van der Waals surface area contributed by atoms with Gasteiger partial charge in [-0.05, 0) is 17.7 Å². The van der Waals surface area contributed by atoms with Crippen LogP contribution in [0.5, 0.6) is 0 Å². The third-order valence-corrected chi connectivity index (χ3v) is 2.95. The zero-order valence-corrected chi connectivity index (χ0v) is 10.5. The number of nitrogens with zero attached hydrogens (tertiary/aromatic N) is 4. The lowest BCUT2D eigenvalue weighted by atomic mass is 10.1. The minimum Gasteiger partial charge on any atom is -0.244 e. The Balaban J connectivity index is 2.22. The molecule has 0 amide bonds. The van der Waals surface area contributed by atoms with Gasteiger partial charge in [0.25, 0.3) is 0 Å². The van der Waals surface area contributed by atoms with Crippen LogP contribution in [-0.2, 0) is 0 Å². The fourth-order valence-electron chi connectivity index (χ4n) is 1.67. The fourth-order valence-corrected chi connectivity index (χ4v) is 2.00. The van der Waals surface area contributed by atoms with Gasteiger partial charge in [-0.15, -0.1) is 0 Å². The predicted molar refractivity (Wildman–Crippen MR) is 70.6 cm³/mol. The van der Waals surface area contributed by atoms with Crippen molar-refractivity contribution in [3.05, 3.63) is 47.2 Å². The molecule has 0 N–H and O–H groups in total. The SMILES string of the molecule is Clc1ncc(Cl)c(-c2ccc3cncnc3c2)n1. The van der Waals surface area contributed by atoms with Crippen LogP contribution < -0.4 is 0 Å². The van der Waals surface area contributed by atoms with Crippen molar-refractivity contribution in [1.29, 1.82) is 0 Å². The highest BCUT2D eigenvalue weighted by atomic mass is 35.5. The Morgan fingerprint density at radius 1 is 1.00 bits per heavy atom. The molecule has 0 fully saturated rings. The minimum absolute atomic E-state index is 0.164. The van der Waals surface area contributed by atoms with Crippen LogP contribution in [0.15, 0.2) is 36.9 Å². The van der Waals surface area contributed by atoms with Gasteiger partial charge in [0.1, 0.15) is 6.33 Å². The smallest absolute Gasteiger partial charge is 0.222 e. The third kappa shape index (κ3) is 2.00. The molecule has 0 saturated heterocycles. The quantitative estimate of drug-likeness (QED) is 0.640. The van der Waals surface area contributed by atoms with E-state index in [0.29, 0.717) is 10.7 Å². The topological polar surface area (TPSA) is 51.6 Å². The first-order chi connectivity index (χ1) is 8.74. The standard InChI is InChI=1S/C12H6Cl2N4/c13-9-5-16-12(14)18-11(9)7-1-2-8-4-15-6-17-10(8)3-7/h1-6H. The summed E-state index contributed by atoms with van der Waals surface area (Å²) in [5.74, 6) is 0. The molecule has 0 atom stereocenters. The van der Waals surface area contributed by atoms with E-state index in [1.54, 1.807) is 6.20 Å². The molecular formula is C12H6Cl2N4. The van der Waals surface area contributed by atoms with E-state index in [0.717, 1.165) is 16.5 Å². The van der Waals surface area contributed by atoms with Crippen LogP contribution in [-0.4, -0.2) is 19.9 Å². The molecule has 0 unspecified atom stereocenters. The number of rotatable bonds is 1. The molecule has 2 heterocycles. The number of fused-ring (bicyclic) bond motifs is 1. The summed E-state index contributed by atoms with van der Waals surface area (Å²) in [5, 5.41) is 1.57. The summed E-state index contributed by atoms with van der Waals surface area (Å²) < 4.78 is 0. The average Bonchev–Trinajstić information content (AvgIpc) is 2.41. The molecule has 3 rings (SSSR count). The lowest BCUT2D eigenvalue weighted by Gasteiger charge is -2.04. The minimum atomic E-state index is 0.164. The summed E-state index contributed by atoms with van der Waals surface area (Å²) in [5.41, 5.74) is 2.26. The maximum absolute atomic E-state index is 6.07. The van der Waals surface area contributed by atoms with E-state index in [9.17, 15) is 0 Å². The van der Waals surface area contributed by atoms with E-state index in [1.807, 2.05) is 18.2 Å². The van der Waals surface area contributed by atoms with E-state index in [1.165, 1.54) is 12.5 Å². The zero-order valence-electron chi connectivity index (χ0n) is 9.01. The summed E-state index contributed by atoms with van der Waals surface area (Å²) in [4.78, 5) is 16.1. The molecule has 1 aromatic carbocycles. The second-order valence-corrected chi connectivity index (χ2v) is 4.38. The maximum atomic E-state index is 6.07. The van der Waals surface area contributed by atoms with E-state index in [-0.39, 0.29) is 5.28 Å². The van der Waals surface area contributed by atoms with Crippen LogP contribution in [0.3, 0.4) is 0 Å². The summed E-state index contributed by atoms with van der Waals surface area (Å²) in [6.07, 6.45) is 4.73. The number of hydrogen-bond donors (Lipinski definition) is 0. The van der Waals surface area contributed by atoms with Crippen LogP contribution in [0, 0.1) is 0 Å². The number of halogens is 2. The lowest BCUT2D eigenvalue weighted by Crippen LogP contribution is -1.90. The van der Waals surface area contributed by atoms with Crippen molar-refractivity contribution < 1.29 is 0 Å². The van der Waals surface area contributed by atoms with Gasteiger partial charge in [-0.3, -0.25) is 0 Å². The van der Waals surface area contributed by atoms with Crippen molar-refractivity contribution in [3.8, 4) is 11.3 Å². The van der Waals surface area contributed by atoms with E-state index in [2.05, 4.69) is 19.9 Å². The first kappa shape index (κ1) is 11.3. The van der Waals surface area contributed by atoms with Crippen molar-refractivity contribution in [2.45, 2.75) is 0 Å². The van der Waals surface area contributed by atoms with Gasteiger partial charge in [0.15, 0.2) is 0 Å². The summed E-state index contributed by atoms with van der Waals surface area (Å²) in [6.45, 7) is 0. The zero-order chi connectivity index (χ0) is 12.5. The molecule has 88 valence electrons. The van der Waals surface area contributed by atoms with Gasteiger partial charge in [-0.1, -0.05) is 23.7 Å². The molecule has 0 spiro atoms. The second kappa shape index (κ2) is 4.48. The first-order valence-corrected chi connectivity index (χ1v) is 5.88. The van der Waals surface area contributed by atoms with Crippen LogP contribution in [0.2, 0.25) is 10.3 Å². The van der Waals surface area contributed by atoms with Gasteiger partial charge in [0.2, 0.25) is 5.28 Å². The molecule has 0 aliphatic rings. The summed E-state index contributed by atoms with van der Waals surface area (Å²) >= 11 is 11.8. The van der Waals surface area contributed by atoms with Crippen LogP contribution >= 0.6 is 23.2 Å². The van der Waals surface area contributed by atoms with Crippen molar-refractivity contribution in [2.24, 2.45) is 0 Å². The Kier molecular flexibility index (Phi) is 2.81. The van der Waals surface area contributed by atoms with Crippen molar-refractivity contribution in [1.82, 2.24) is 19.9 Å². The average molecular weight is 277 g/mol. The van der Waals surface area contributed by atoms with Gasteiger partial charge < -0.3 is 0 Å². The monoisotopic (exact) mass is 276 g/mol. The third-order valence-electron chi connectivity index (χ3n) is 2.50. The molecule has 0 aliphatic carbocycles. The highest BCUT2D eigenvalue weighted by Gasteiger charge is 2.08. The van der Waals surface area contributed by atoms with Crippen molar-refractivity contribution >= 4 is 34.1 Å². The Morgan fingerprint density at radius 2 is 1.89 bits per heavy atom. The van der Waals surface area contributed by atoms with E-state index in [4.69, 9.17) is 23.2 Å². The van der Waals surface area contributed by atoms with Gasteiger partial charge in [-0.2, -0.15) is 0 Å². The van der Waals surface area contributed by atoms with Crippen LogP contribution in [0.25, 0.3) is 22.2 Å². The lowest BCUT2D eigenvalue weighted by molar-refractivity contribution is 1.17. The second-order valence-electron chi connectivity index (χ2n) is 3.63. The van der Waals surface area contributed by atoms with Gasteiger partial charge in [-0.25, -0.2) is 19.9 Å². The van der Waals surface area contributed by atoms with E-state index >= 15 is 0 Å². The molecule has 0 aliphatic heterocycles. The van der Waals surface area contributed by atoms with Crippen molar-refractivity contribution in [2.75, 3.05) is 0 Å². The Morgan fingerprint density at radius 3 is 2.78 bits per heavy atom. The first-order valence-electron chi connectivity index (χ1n) is 5.12. The number of benzene rings is 1. The van der Waals surface area contributed by atoms with E-state index < -0.39 is 0 Å². The number of aromatic nitrogens is 4. The molecule has 0 saturated carbocycles. The van der Waals surface area contributed by atoms with Crippen molar-refractivity contribution in [3.63, 3.8) is 0 Å². The van der Waals surface area contributed by atoms with Gasteiger partial charge in [0, 0.05) is 17.1 Å². The van der Waals surface area contributed by atoms with Gasteiger partial charge in [0.05, 0.1) is 22.4 Å². The molecule has 0 bridgehead atoms. The molecule has 18 heavy (non-hydrogen) atoms. The largest absolute Gasteiger partial charge is 0.244 e. The fraction of sp³-hybridized carbons (Fsp3) is 0. The Hall–Kier alpha value is -1.78. The summed E-state index contributed by atoms with van der Waals surface area (Å²) in [6, 6.07) is 5.70. The number of hydrogen-bond acceptors (Lipinski definition) is 4. The maximum Gasteiger partial charge on any atom is 0.222 e. The Labute approximate surface area is 113 Å². The predicted octanol–water partition coefficient (Wildman–Crippen LogP) is 3.39. The molecule has 6 heteroatoms. The van der Waals surface area contributed by atoms with Crippen LogP contribution in [0.1, 0.15) is 0 Å². The molecule has 3 aromatic rings. The molecule has 2 aromatic heterocycles. The highest BCUT2D eigenvalue weighted by Crippen LogP contribution is 2.27. The molecule has 4 nitrogen and oxygen atoms in total. The highest BCUT2D eigenvalue weighted by molar-refractivity contribution is 6.33. The molecule has 0 radical (unpaired) electrons. The summed E-state index contributed by atoms with van der Waals surface area (Å²) in [7, 11) is 0. The normalized spacial score (nSPS) is 10.8. The molecular weight excluding hydrogens is 271 g/mol. The Bertz CT molecular complexity index is 730. The van der Waals surface area contributed by atoms with Crippen LogP contribution in [0.4, 0.5) is 0 Å².